The molecule has 0 aliphatic carbocycles. The highest BCUT2D eigenvalue weighted by atomic mass is 14.3. The summed E-state index contributed by atoms with van der Waals surface area (Å²) in [6.07, 6.45) is -5.90. The van der Waals surface area contributed by atoms with E-state index in [-0.39, 0.29) is 138 Å². The summed E-state index contributed by atoms with van der Waals surface area (Å²) < 4.78 is 188. The Bertz CT molecular complexity index is 6370. The second-order valence-corrected chi connectivity index (χ2v) is 41.4. The summed E-state index contributed by atoms with van der Waals surface area (Å²) in [5.74, 6) is -0.897. The third kappa shape index (κ3) is 30.0. The molecule has 13 aromatic carbocycles. The summed E-state index contributed by atoms with van der Waals surface area (Å²) in [6.45, 7) is 67.1. The van der Waals surface area contributed by atoms with Crippen LogP contribution in [-0.4, -0.2) is 0 Å². The fourth-order valence-corrected chi connectivity index (χ4v) is 16.0. The molecular weight excluding hydrogens is 1510 g/mol. The lowest BCUT2D eigenvalue weighted by atomic mass is 9.71. The molecule has 0 heteroatoms. The molecule has 0 N–H and O–H groups in total. The van der Waals surface area contributed by atoms with Crippen molar-refractivity contribution in [1.29, 1.82) is 0 Å². The van der Waals surface area contributed by atoms with Crippen molar-refractivity contribution in [2.24, 2.45) is 11.8 Å². The molecule has 0 aliphatic heterocycles. The largest absolute Gasteiger partial charge is 0.0632 e. The van der Waals surface area contributed by atoms with Crippen molar-refractivity contribution < 1.29 is 31.5 Å². The highest BCUT2D eigenvalue weighted by molar-refractivity contribution is 5.82. The van der Waals surface area contributed by atoms with E-state index < -0.39 is 54.9 Å². The van der Waals surface area contributed by atoms with Gasteiger partial charge in [-0.2, -0.15) is 0 Å². The third-order valence-electron chi connectivity index (χ3n) is 21.1. The Kier molecular flexibility index (Phi) is 26.3. The second kappa shape index (κ2) is 45.5. The monoisotopic (exact) mass is 1700 g/mol. The molecule has 0 bridgehead atoms. The maximum atomic E-state index is 8.59. The van der Waals surface area contributed by atoms with E-state index in [9.17, 15) is 0 Å². The lowest BCUT2D eigenvalue weighted by Gasteiger charge is -2.33. The van der Waals surface area contributed by atoms with Gasteiger partial charge in [0.15, 0.2) is 0 Å². The van der Waals surface area contributed by atoms with Crippen molar-refractivity contribution in [3.05, 3.63) is 393 Å². The summed E-state index contributed by atoms with van der Waals surface area (Å²) in [4.78, 5) is 0. The van der Waals surface area contributed by atoms with Crippen LogP contribution in [0.2, 0.25) is 0 Å². The van der Waals surface area contributed by atoms with Gasteiger partial charge in [0.2, 0.25) is 0 Å². The SMILES string of the molecule is CC(C)(C)c1c(-c2ccccc2)cccc1-c1ccccc1.CC(C)(C)c1ccccc1-c1ccccc1.[2H]C(C)(C)c1cccc(C(C)(C)C)c1C(C)(C)C.[2H]C([2H])(C)c1cccc(C([2H])([2H])C)c1C(C)(C)C.[2H]C([2H])(c1cccc(C([2H])([2H])C(C)C)c1C(C)(C)C)C(C)C.[2H]c1c([2H])c([2H])c(-c2cccc(-c3c([2H])c([2H])c([2H])c(C)c3[2H])c2C(C)(C)C)c([2H])c1[2H].[2H]c1c([2H])c([2H])c(-c2ccccc2C(C)(C)C)c([2H])c1[2H]. The fourth-order valence-electron chi connectivity index (χ4n) is 16.0. The van der Waals surface area contributed by atoms with Crippen molar-refractivity contribution in [3.8, 4) is 66.8 Å². The lowest BCUT2D eigenvalue weighted by Crippen LogP contribution is -2.24. The van der Waals surface area contributed by atoms with Gasteiger partial charge < -0.3 is 0 Å². The van der Waals surface area contributed by atoms with Crippen LogP contribution in [0.25, 0.3) is 66.8 Å². The van der Waals surface area contributed by atoms with E-state index in [1.165, 1.54) is 69.5 Å². The number of hydrogen-bond acceptors (Lipinski definition) is 0. The van der Waals surface area contributed by atoms with Gasteiger partial charge in [0, 0.05) is 12.3 Å². The van der Waals surface area contributed by atoms with Crippen LogP contribution in [0, 0.1) is 18.8 Å². The molecule has 0 amide bonds. The topological polar surface area (TPSA) is 0 Å². The van der Waals surface area contributed by atoms with Crippen molar-refractivity contribution in [3.63, 3.8) is 0 Å². The van der Waals surface area contributed by atoms with Gasteiger partial charge in [-0.3, -0.25) is 0 Å². The van der Waals surface area contributed by atoms with Crippen molar-refractivity contribution in [1.82, 2.24) is 0 Å². The van der Waals surface area contributed by atoms with E-state index >= 15 is 0 Å². The van der Waals surface area contributed by atoms with Crippen LogP contribution in [0.4, 0.5) is 0 Å². The van der Waals surface area contributed by atoms with E-state index in [1.807, 2.05) is 161 Å². The Morgan fingerprint density at radius 3 is 0.857 bits per heavy atom. The molecule has 13 rings (SSSR count). The molecule has 0 aromatic heterocycles. The first-order valence-corrected chi connectivity index (χ1v) is 44.7. The molecule has 0 unspecified atom stereocenters. The predicted molar refractivity (Wildman–Crippen MR) is 562 cm³/mol. The molecule has 666 valence electrons. The lowest BCUT2D eigenvalue weighted by molar-refractivity contribution is 0.521. The normalized spacial score (nSPS) is 15.0. The van der Waals surface area contributed by atoms with Crippen molar-refractivity contribution in [2.45, 2.75) is 303 Å². The standard InChI is InChI=1S/C23H24.C22H22.C18H30.C17H28.2C16H18.C14H22/c1-17-10-8-13-19(16-17)21-15-9-14-20(22(21)23(2,3)4)18-11-6-5-7-12-18;1-22(2,3)21-19(17-11-6-4-7-12-17)15-10-16-20(21)18-13-8-5-9-14-18;1-13(2)11-15-9-8-10-16(12-14(3)4)17(15)18(5,6)7;1-12(2)13-10-9-11-14(16(3,4)5)15(13)17(6,7)8;2*1-16(2,3)15-12-8-7-11-14(15)13-9-5-4-6-10-13;1-6-11-9-8-10-12(7-2)13(11)14(3,4)5/h5-16H,1-4H3;4-16H,1-3H3;8-10,13-14H,11-12H2,1-7H3;9-12H,1-8H3;2*4-12H,1-3H3;8-10H,6-7H2,1-5H3/i5D,6D,7D,8D,10D,11D,12D,13D,16D;;11D2,12D2;12D;4D,5D,6D,9D,10D;;6D2,7D2. The van der Waals surface area contributed by atoms with Crippen LogP contribution in [0.5, 0.6) is 0 Å². The maximum Gasteiger partial charge on any atom is 0.0632 e. The second-order valence-electron chi connectivity index (χ2n) is 41.4. The third-order valence-corrected chi connectivity index (χ3v) is 21.1. The summed E-state index contributed by atoms with van der Waals surface area (Å²) in [7, 11) is 0. The van der Waals surface area contributed by atoms with Gasteiger partial charge in [-0.25, -0.2) is 0 Å². The first-order valence-electron chi connectivity index (χ1n) is 56.2. The van der Waals surface area contributed by atoms with Crippen LogP contribution in [0.15, 0.2) is 315 Å². The molecule has 126 heavy (non-hydrogen) atoms. The maximum absolute atomic E-state index is 8.59. The average molecular weight is 1700 g/mol. The number of aryl methyl sites for hydroxylation is 2. The minimum atomic E-state index is -1.48. The van der Waals surface area contributed by atoms with E-state index in [4.69, 9.17) is 31.5 Å². The summed E-state index contributed by atoms with van der Waals surface area (Å²) in [5.41, 5.74) is 21.6. The molecule has 0 aliphatic rings. The predicted octanol–water partition coefficient (Wildman–Crippen LogP) is 37.1. The highest BCUT2D eigenvalue weighted by Gasteiger charge is 2.31. The van der Waals surface area contributed by atoms with E-state index in [2.05, 4.69) is 235 Å². The smallest absolute Gasteiger partial charge is 0.0625 e. The molecule has 0 nitrogen and oxygen atoms in total. The molecular formula is C126H162. The van der Waals surface area contributed by atoms with Crippen LogP contribution >= 0.6 is 0 Å². The molecule has 0 fully saturated rings. The molecule has 0 saturated carbocycles. The van der Waals surface area contributed by atoms with Crippen LogP contribution < -0.4 is 0 Å². The minimum absolute atomic E-state index is 0.0280. The average Bonchev–Trinajstić information content (AvgIpc) is 0.811. The van der Waals surface area contributed by atoms with E-state index in [1.54, 1.807) is 49.4 Å². The molecule has 0 atom stereocenters. The van der Waals surface area contributed by atoms with E-state index in [0.717, 1.165) is 22.3 Å². The molecule has 0 radical (unpaired) electrons. The van der Waals surface area contributed by atoms with E-state index in [0.29, 0.717) is 44.5 Å². The Balaban J connectivity index is 0.000000238. The van der Waals surface area contributed by atoms with Gasteiger partial charge in [-0.05, 0) is 233 Å². The fraction of sp³-hybridized carbons (Fsp3) is 0.381. The first-order chi connectivity index (χ1) is 68.0. The zero-order valence-electron chi connectivity index (χ0n) is 106. The van der Waals surface area contributed by atoms with Gasteiger partial charge in [-0.15, -0.1) is 0 Å². The Hall–Kier alpha value is -10.1. The first kappa shape index (κ1) is 72.8. The van der Waals surface area contributed by atoms with Crippen molar-refractivity contribution >= 4 is 0 Å². The summed E-state index contributed by atoms with van der Waals surface area (Å²) in [6, 6.07) is 72.9. The zero-order valence-corrected chi connectivity index (χ0v) is 82.6. The Morgan fingerprint density at radius 1 is 0.246 bits per heavy atom. The molecule has 0 saturated heterocycles. The Labute approximate surface area is 802 Å². The van der Waals surface area contributed by atoms with Gasteiger partial charge in [0.05, 0.1) is 19.2 Å². The van der Waals surface area contributed by atoms with Crippen LogP contribution in [-0.2, 0) is 68.8 Å². The minimum Gasteiger partial charge on any atom is -0.0625 e. The van der Waals surface area contributed by atoms with Crippen LogP contribution in [0.3, 0.4) is 0 Å². The molecule has 0 spiro atoms. The van der Waals surface area contributed by atoms with Gasteiger partial charge in [0.25, 0.3) is 0 Å². The number of benzene rings is 13. The van der Waals surface area contributed by atoms with Crippen molar-refractivity contribution in [2.75, 3.05) is 0 Å². The van der Waals surface area contributed by atoms with Crippen LogP contribution in [0.1, 0.15) is 337 Å². The summed E-state index contributed by atoms with van der Waals surface area (Å²) in [5, 5.41) is 0. The van der Waals surface area contributed by atoms with Gasteiger partial charge in [-0.1, -0.05) is 542 Å². The quantitative estimate of drug-likeness (QED) is 0.108. The molecule has 13 aromatic rings. The highest BCUT2D eigenvalue weighted by Crippen LogP contribution is 2.45. The van der Waals surface area contributed by atoms with Gasteiger partial charge in [0.1, 0.15) is 0 Å². The molecule has 0 heterocycles. The summed E-state index contributed by atoms with van der Waals surface area (Å²) >= 11 is 0. The number of rotatable bonds is 13. The Morgan fingerprint density at radius 2 is 0.516 bits per heavy atom. The van der Waals surface area contributed by atoms with Gasteiger partial charge >= 0.3 is 0 Å². The zero-order chi connectivity index (χ0) is 114. The number of hydrogen-bond donors (Lipinski definition) is 0.